The largest absolute Gasteiger partial charge is 0.493 e. The molecular weight excluding hydrogens is 458 g/mol. The lowest BCUT2D eigenvalue weighted by atomic mass is 10.0. The lowest BCUT2D eigenvalue weighted by Crippen LogP contribution is -2.14. The molecule has 0 aliphatic heterocycles. The van der Waals surface area contributed by atoms with Crippen LogP contribution in [0.3, 0.4) is 0 Å². The van der Waals surface area contributed by atoms with Crippen molar-refractivity contribution in [2.75, 3.05) is 17.7 Å². The quantitative estimate of drug-likeness (QED) is 0.349. The second-order valence-electron chi connectivity index (χ2n) is 7.67. The van der Waals surface area contributed by atoms with Crippen molar-refractivity contribution in [2.45, 2.75) is 38.0 Å². The highest BCUT2D eigenvalue weighted by molar-refractivity contribution is 7.91. The normalized spacial score (nSPS) is 11.2. The summed E-state index contributed by atoms with van der Waals surface area (Å²) < 4.78 is 29.8. The zero-order valence-electron chi connectivity index (χ0n) is 18.8. The van der Waals surface area contributed by atoms with Crippen LogP contribution in [-0.2, 0) is 21.1 Å². The summed E-state index contributed by atoms with van der Waals surface area (Å²) in [5, 5.41) is 3.36. The van der Waals surface area contributed by atoms with Gasteiger partial charge < -0.3 is 10.1 Å². The molecule has 3 aromatic carbocycles. The molecule has 0 unspecified atom stereocenters. The third-order valence-electron chi connectivity index (χ3n) is 5.21. The van der Waals surface area contributed by atoms with Crippen LogP contribution >= 0.6 is 11.6 Å². The Balaban J connectivity index is 1.69. The number of anilines is 1. The Morgan fingerprint density at radius 1 is 0.970 bits per heavy atom. The van der Waals surface area contributed by atoms with E-state index in [0.717, 1.165) is 35.3 Å². The van der Waals surface area contributed by atoms with Crippen LogP contribution < -0.4 is 10.1 Å². The zero-order valence-corrected chi connectivity index (χ0v) is 20.4. The molecule has 0 heterocycles. The number of benzene rings is 3. The summed E-state index contributed by atoms with van der Waals surface area (Å²) in [5.41, 5.74) is 3.04. The van der Waals surface area contributed by atoms with Gasteiger partial charge in [0.25, 0.3) is 0 Å². The molecule has 0 aliphatic carbocycles. The van der Waals surface area contributed by atoms with E-state index in [-0.39, 0.29) is 23.0 Å². The molecule has 0 spiro atoms. The first-order chi connectivity index (χ1) is 15.8. The van der Waals surface area contributed by atoms with Gasteiger partial charge in [0.15, 0.2) is 9.84 Å². The van der Waals surface area contributed by atoms with Crippen LogP contribution in [0, 0.1) is 0 Å². The smallest absolute Gasteiger partial charge is 0.228 e. The Kier molecular flexibility index (Phi) is 8.53. The predicted octanol–water partition coefficient (Wildman–Crippen LogP) is 6.16. The Morgan fingerprint density at radius 3 is 2.36 bits per heavy atom. The first kappa shape index (κ1) is 24.8. The van der Waals surface area contributed by atoms with Gasteiger partial charge in [-0.15, -0.1) is 0 Å². The summed E-state index contributed by atoms with van der Waals surface area (Å²) in [6.07, 6.45) is 2.16. The molecule has 0 aliphatic rings. The molecule has 33 heavy (non-hydrogen) atoms. The van der Waals surface area contributed by atoms with E-state index in [4.69, 9.17) is 16.3 Å². The average molecular weight is 486 g/mol. The molecule has 3 rings (SSSR count). The first-order valence-corrected chi connectivity index (χ1v) is 13.0. The molecule has 0 fully saturated rings. The Bertz CT molecular complexity index is 1210. The number of para-hydroxylation sites is 1. The number of nitrogens with one attached hydrogen (secondary N) is 1. The summed E-state index contributed by atoms with van der Waals surface area (Å²) in [6.45, 7) is 4.36. The fourth-order valence-corrected chi connectivity index (χ4v) is 4.49. The third kappa shape index (κ3) is 6.59. The van der Waals surface area contributed by atoms with Crippen LogP contribution in [0.1, 0.15) is 32.3 Å². The maximum Gasteiger partial charge on any atom is 0.228 e. The second-order valence-corrected chi connectivity index (χ2v) is 10.4. The molecule has 3 aromatic rings. The molecule has 174 valence electrons. The fraction of sp³-hybridized carbons (Fsp3) is 0.269. The third-order valence-corrected chi connectivity index (χ3v) is 7.28. The van der Waals surface area contributed by atoms with E-state index in [1.165, 1.54) is 12.1 Å². The summed E-state index contributed by atoms with van der Waals surface area (Å²) in [4.78, 5) is 12.8. The van der Waals surface area contributed by atoms with Gasteiger partial charge in [-0.2, -0.15) is 0 Å². The topological polar surface area (TPSA) is 72.5 Å². The van der Waals surface area contributed by atoms with Crippen molar-refractivity contribution >= 4 is 33.0 Å². The number of amides is 1. The minimum atomic E-state index is -3.26. The van der Waals surface area contributed by atoms with Crippen molar-refractivity contribution < 1.29 is 17.9 Å². The molecule has 7 heteroatoms. The van der Waals surface area contributed by atoms with E-state index in [2.05, 4.69) is 12.2 Å². The number of hydrogen-bond acceptors (Lipinski definition) is 4. The SMILES string of the molecule is CCCCOc1ccccc1-c1ccc(NC(=O)Cc2ccc(S(=O)(=O)CC)cc2)cc1Cl. The van der Waals surface area contributed by atoms with E-state index in [9.17, 15) is 13.2 Å². The zero-order chi connectivity index (χ0) is 23.8. The van der Waals surface area contributed by atoms with Crippen LogP contribution in [0.4, 0.5) is 5.69 Å². The Labute approximate surface area is 200 Å². The van der Waals surface area contributed by atoms with Gasteiger partial charge in [0, 0.05) is 16.8 Å². The Hall–Kier alpha value is -2.83. The van der Waals surface area contributed by atoms with E-state index in [0.29, 0.717) is 17.3 Å². The van der Waals surface area contributed by atoms with Crippen molar-refractivity contribution in [3.8, 4) is 16.9 Å². The molecule has 0 radical (unpaired) electrons. The molecule has 0 saturated carbocycles. The highest BCUT2D eigenvalue weighted by Gasteiger charge is 2.13. The highest BCUT2D eigenvalue weighted by Crippen LogP contribution is 2.36. The van der Waals surface area contributed by atoms with Crippen molar-refractivity contribution in [3.05, 3.63) is 77.3 Å². The molecule has 0 atom stereocenters. The minimum Gasteiger partial charge on any atom is -0.493 e. The van der Waals surface area contributed by atoms with Crippen LogP contribution in [-0.4, -0.2) is 26.7 Å². The average Bonchev–Trinajstić information content (AvgIpc) is 2.80. The van der Waals surface area contributed by atoms with Gasteiger partial charge in [-0.1, -0.05) is 68.3 Å². The van der Waals surface area contributed by atoms with Gasteiger partial charge in [0.2, 0.25) is 5.91 Å². The first-order valence-electron chi connectivity index (χ1n) is 11.0. The van der Waals surface area contributed by atoms with Gasteiger partial charge in [-0.05, 0) is 42.3 Å². The number of unbranched alkanes of at least 4 members (excludes halogenated alkanes) is 1. The van der Waals surface area contributed by atoms with E-state index in [1.807, 2.05) is 30.3 Å². The molecule has 0 bridgehead atoms. The molecule has 5 nitrogen and oxygen atoms in total. The monoisotopic (exact) mass is 485 g/mol. The van der Waals surface area contributed by atoms with Gasteiger partial charge in [0.1, 0.15) is 5.75 Å². The standard InChI is InChI=1S/C26H28ClNO4S/c1-3-5-16-32-25-9-7-6-8-23(25)22-15-12-20(18-24(22)27)28-26(29)17-19-10-13-21(14-11-19)33(30,31)4-2/h6-15,18H,3-5,16-17H2,1-2H3,(H,28,29). The molecule has 0 aromatic heterocycles. The van der Waals surface area contributed by atoms with Crippen molar-refractivity contribution in [3.63, 3.8) is 0 Å². The molecular formula is C26H28ClNO4S. The van der Waals surface area contributed by atoms with Crippen LogP contribution in [0.2, 0.25) is 5.02 Å². The van der Waals surface area contributed by atoms with Crippen LogP contribution in [0.5, 0.6) is 5.75 Å². The number of sulfone groups is 1. The number of ether oxygens (including phenoxy) is 1. The molecule has 1 N–H and O–H groups in total. The lowest BCUT2D eigenvalue weighted by molar-refractivity contribution is -0.115. The maximum atomic E-state index is 12.5. The minimum absolute atomic E-state index is 0.0406. The fourth-order valence-electron chi connectivity index (χ4n) is 3.32. The van der Waals surface area contributed by atoms with E-state index < -0.39 is 9.84 Å². The summed E-state index contributed by atoms with van der Waals surface area (Å²) in [6, 6.07) is 19.5. The maximum absolute atomic E-state index is 12.5. The predicted molar refractivity (Wildman–Crippen MR) is 134 cm³/mol. The summed E-state index contributed by atoms with van der Waals surface area (Å²) in [7, 11) is -3.26. The van der Waals surface area contributed by atoms with Gasteiger partial charge in [0.05, 0.1) is 28.7 Å². The molecule has 1 amide bonds. The van der Waals surface area contributed by atoms with Crippen molar-refractivity contribution in [1.82, 2.24) is 0 Å². The van der Waals surface area contributed by atoms with Gasteiger partial charge in [-0.3, -0.25) is 4.79 Å². The molecule has 0 saturated heterocycles. The van der Waals surface area contributed by atoms with Crippen LogP contribution in [0.25, 0.3) is 11.1 Å². The van der Waals surface area contributed by atoms with Gasteiger partial charge >= 0.3 is 0 Å². The second kappa shape index (κ2) is 11.3. The van der Waals surface area contributed by atoms with Gasteiger partial charge in [-0.25, -0.2) is 8.42 Å². The lowest BCUT2D eigenvalue weighted by Gasteiger charge is -2.14. The summed E-state index contributed by atoms with van der Waals surface area (Å²) >= 11 is 6.55. The number of carbonyl (C=O) groups is 1. The Morgan fingerprint density at radius 2 is 1.70 bits per heavy atom. The van der Waals surface area contributed by atoms with E-state index >= 15 is 0 Å². The van der Waals surface area contributed by atoms with Crippen molar-refractivity contribution in [1.29, 1.82) is 0 Å². The number of halogens is 1. The van der Waals surface area contributed by atoms with E-state index in [1.54, 1.807) is 31.2 Å². The number of carbonyl (C=O) groups excluding carboxylic acids is 1. The summed E-state index contributed by atoms with van der Waals surface area (Å²) in [5.74, 6) is 0.602. The number of hydrogen-bond donors (Lipinski definition) is 1. The van der Waals surface area contributed by atoms with Crippen molar-refractivity contribution in [2.24, 2.45) is 0 Å². The number of rotatable bonds is 10. The highest BCUT2D eigenvalue weighted by atomic mass is 35.5. The van der Waals surface area contributed by atoms with Crippen LogP contribution in [0.15, 0.2) is 71.6 Å².